The van der Waals surface area contributed by atoms with Crippen molar-refractivity contribution in [3.63, 3.8) is 0 Å². The van der Waals surface area contributed by atoms with Gasteiger partial charge in [0.25, 0.3) is 0 Å². The number of benzene rings is 1. The molecule has 1 rings (SSSR count). The molecule has 0 amide bonds. The third kappa shape index (κ3) is 6.78. The van der Waals surface area contributed by atoms with Crippen LogP contribution in [0.5, 0.6) is 5.75 Å². The summed E-state index contributed by atoms with van der Waals surface area (Å²) < 4.78 is 5.49. The molecule has 14 heavy (non-hydrogen) atoms. The number of unbranched alkanes of at least 4 members (excludes halogenated alkanes) is 1. The fourth-order valence-corrected chi connectivity index (χ4v) is 0.970. The second-order valence-corrected chi connectivity index (χ2v) is 2.85. The van der Waals surface area contributed by atoms with Gasteiger partial charge in [0.05, 0.1) is 12.4 Å². The Morgan fingerprint density at radius 1 is 1.36 bits per heavy atom. The van der Waals surface area contributed by atoms with Gasteiger partial charge in [-0.3, -0.25) is 0 Å². The minimum absolute atomic E-state index is 0. The summed E-state index contributed by atoms with van der Waals surface area (Å²) in [6.45, 7) is 6.79. The van der Waals surface area contributed by atoms with Crippen molar-refractivity contribution < 1.29 is 28.7 Å². The van der Waals surface area contributed by atoms with E-state index >= 15 is 0 Å². The summed E-state index contributed by atoms with van der Waals surface area (Å²) in [5.41, 5.74) is 1.00. The number of ether oxygens (including phenoxy) is 1. The average molecular weight is 314 g/mol. The summed E-state index contributed by atoms with van der Waals surface area (Å²) >= 11 is 0. The maximum atomic E-state index is 5.49. The van der Waals surface area contributed by atoms with Crippen LogP contribution in [0.2, 0.25) is 0 Å². The molecule has 1 aromatic carbocycles. The Balaban J connectivity index is 0. The molecule has 0 heterocycles. The molecule has 0 atom stereocenters. The first-order valence-corrected chi connectivity index (χ1v) is 4.37. The van der Waals surface area contributed by atoms with Gasteiger partial charge in [0.2, 0.25) is 0 Å². The summed E-state index contributed by atoms with van der Waals surface area (Å²) in [5, 5.41) is 0. The molecule has 0 radical (unpaired) electrons. The zero-order valence-corrected chi connectivity index (χ0v) is 12.2. The van der Waals surface area contributed by atoms with Crippen molar-refractivity contribution >= 4 is 23.1 Å². The van der Waals surface area contributed by atoms with E-state index in [1.807, 2.05) is 24.3 Å². The number of rotatable bonds is 4. The van der Waals surface area contributed by atoms with E-state index in [9.17, 15) is 0 Å². The maximum absolute atomic E-state index is 5.49. The van der Waals surface area contributed by atoms with Crippen LogP contribution in [0.15, 0.2) is 24.3 Å². The Bertz CT molecular complexity index is 240. The second-order valence-electron chi connectivity index (χ2n) is 2.85. The van der Waals surface area contributed by atoms with Crippen molar-refractivity contribution in [2.24, 2.45) is 0 Å². The van der Waals surface area contributed by atoms with E-state index in [0.717, 1.165) is 24.3 Å². The topological polar surface area (TPSA) is 9.23 Å². The van der Waals surface area contributed by atoms with Crippen molar-refractivity contribution in [2.75, 3.05) is 6.61 Å². The molecule has 0 spiro atoms. The molecule has 0 saturated heterocycles. The van der Waals surface area contributed by atoms with Crippen LogP contribution >= 0.6 is 0 Å². The van der Waals surface area contributed by atoms with Crippen molar-refractivity contribution in [2.45, 2.75) is 19.8 Å². The zero-order valence-electron chi connectivity index (χ0n) is 8.63. The Morgan fingerprint density at radius 3 is 2.64 bits per heavy atom. The minimum atomic E-state index is 0. The Morgan fingerprint density at radius 2 is 2.07 bits per heavy atom. The SMILES string of the molecule is [CH2-]c1cccc(OCCCC)c1.[I-].[Mg+2]. The molecule has 0 aromatic heterocycles. The largest absolute Gasteiger partial charge is 2.00 e. The molecule has 0 fully saturated rings. The molecule has 74 valence electrons. The molecule has 0 unspecified atom stereocenters. The molecule has 1 nitrogen and oxygen atoms in total. The normalized spacial score (nSPS) is 8.36. The summed E-state index contributed by atoms with van der Waals surface area (Å²) in [4.78, 5) is 0. The van der Waals surface area contributed by atoms with Crippen LogP contribution in [-0.4, -0.2) is 29.7 Å². The van der Waals surface area contributed by atoms with E-state index < -0.39 is 0 Å². The molecule has 0 N–H and O–H groups in total. The zero-order chi connectivity index (χ0) is 8.81. The van der Waals surface area contributed by atoms with Gasteiger partial charge in [0, 0.05) is 0 Å². The molecular weight excluding hydrogens is 299 g/mol. The molecule has 0 aliphatic carbocycles. The van der Waals surface area contributed by atoms with Gasteiger partial charge in [0.1, 0.15) is 0 Å². The predicted octanol–water partition coefficient (Wildman–Crippen LogP) is -0.329. The molecule has 0 aliphatic heterocycles. The van der Waals surface area contributed by atoms with Crippen LogP contribution in [0.1, 0.15) is 25.3 Å². The van der Waals surface area contributed by atoms with Gasteiger partial charge in [-0.15, -0.1) is 12.1 Å². The monoisotopic (exact) mass is 314 g/mol. The molecular formula is C11H15IMgO. The van der Waals surface area contributed by atoms with Gasteiger partial charge < -0.3 is 28.7 Å². The summed E-state index contributed by atoms with van der Waals surface area (Å²) in [6.07, 6.45) is 2.28. The predicted molar refractivity (Wildman–Crippen MR) is 57.1 cm³/mol. The minimum Gasteiger partial charge on any atom is -1.00 e. The molecule has 1 aromatic rings. The number of hydrogen-bond acceptors (Lipinski definition) is 1. The van der Waals surface area contributed by atoms with Crippen LogP contribution in [0.25, 0.3) is 0 Å². The fourth-order valence-electron chi connectivity index (χ4n) is 0.970. The Hall–Kier alpha value is 0.386. The van der Waals surface area contributed by atoms with Gasteiger partial charge in [-0.05, 0) is 12.5 Å². The van der Waals surface area contributed by atoms with Crippen molar-refractivity contribution in [3.8, 4) is 5.75 Å². The third-order valence-electron chi connectivity index (χ3n) is 1.67. The van der Waals surface area contributed by atoms with E-state index in [1.165, 1.54) is 6.42 Å². The Kier molecular flexibility index (Phi) is 11.9. The first-order chi connectivity index (χ1) is 5.83. The average Bonchev–Trinajstić information content (AvgIpc) is 2.05. The van der Waals surface area contributed by atoms with Crippen LogP contribution in [-0.2, 0) is 0 Å². The van der Waals surface area contributed by atoms with Gasteiger partial charge in [-0.25, -0.2) is 0 Å². The standard InChI is InChI=1S/C11H15O.HI.Mg/c1-3-4-8-12-11-7-5-6-10(2)9-11;;/h5-7,9H,2-4,8H2,1H3;1H;/q-1;;+2/p-1. The van der Waals surface area contributed by atoms with E-state index in [-0.39, 0.29) is 47.0 Å². The molecule has 0 aliphatic rings. The molecule has 3 heteroatoms. The second kappa shape index (κ2) is 9.92. The van der Waals surface area contributed by atoms with E-state index in [0.29, 0.717) is 0 Å². The van der Waals surface area contributed by atoms with Crippen molar-refractivity contribution in [3.05, 3.63) is 36.8 Å². The smallest absolute Gasteiger partial charge is 1.00 e. The quantitative estimate of drug-likeness (QED) is 0.320. The van der Waals surface area contributed by atoms with Crippen molar-refractivity contribution in [1.82, 2.24) is 0 Å². The van der Waals surface area contributed by atoms with Gasteiger partial charge in [0.15, 0.2) is 0 Å². The van der Waals surface area contributed by atoms with E-state index in [2.05, 4.69) is 13.8 Å². The maximum Gasteiger partial charge on any atom is 2.00 e. The van der Waals surface area contributed by atoms with Crippen LogP contribution in [0, 0.1) is 6.92 Å². The number of hydrogen-bond donors (Lipinski definition) is 0. The van der Waals surface area contributed by atoms with Gasteiger partial charge in [-0.2, -0.15) is 18.6 Å². The first-order valence-electron chi connectivity index (χ1n) is 4.37. The van der Waals surface area contributed by atoms with Crippen LogP contribution in [0.4, 0.5) is 0 Å². The van der Waals surface area contributed by atoms with E-state index in [4.69, 9.17) is 4.74 Å². The number of halogens is 1. The van der Waals surface area contributed by atoms with E-state index in [1.54, 1.807) is 0 Å². The molecule has 0 saturated carbocycles. The Labute approximate surface area is 120 Å². The molecule has 0 bridgehead atoms. The fraction of sp³-hybridized carbons (Fsp3) is 0.364. The van der Waals surface area contributed by atoms with Crippen molar-refractivity contribution in [1.29, 1.82) is 0 Å². The van der Waals surface area contributed by atoms with Gasteiger partial charge >= 0.3 is 23.1 Å². The van der Waals surface area contributed by atoms with Crippen LogP contribution in [0.3, 0.4) is 0 Å². The summed E-state index contributed by atoms with van der Waals surface area (Å²) in [5.74, 6) is 0.927. The van der Waals surface area contributed by atoms with Crippen LogP contribution < -0.4 is 28.7 Å². The summed E-state index contributed by atoms with van der Waals surface area (Å²) in [7, 11) is 0. The first kappa shape index (κ1) is 16.8. The van der Waals surface area contributed by atoms with Gasteiger partial charge in [-0.1, -0.05) is 13.3 Å². The summed E-state index contributed by atoms with van der Waals surface area (Å²) in [6, 6.07) is 7.84. The third-order valence-corrected chi connectivity index (χ3v) is 1.67.